The van der Waals surface area contributed by atoms with E-state index in [2.05, 4.69) is 10.6 Å². The van der Waals surface area contributed by atoms with Crippen LogP contribution in [0.25, 0.3) is 0 Å². The van der Waals surface area contributed by atoms with E-state index in [-0.39, 0.29) is 0 Å². The number of nitrogens with one attached hydrogen (secondary N) is 2. The minimum Gasteiger partial charge on any atom is -0.444 e. The van der Waals surface area contributed by atoms with Crippen molar-refractivity contribution in [2.45, 2.75) is 50.8 Å². The van der Waals surface area contributed by atoms with Crippen LogP contribution >= 0.6 is 0 Å². The van der Waals surface area contributed by atoms with Crippen molar-refractivity contribution < 1.29 is 24.2 Å². The number of imide groups is 1. The fourth-order valence-corrected chi connectivity index (χ4v) is 2.83. The first-order valence-corrected chi connectivity index (χ1v) is 6.94. The van der Waals surface area contributed by atoms with Gasteiger partial charge in [-0.3, -0.25) is 15.0 Å². The van der Waals surface area contributed by atoms with Gasteiger partial charge < -0.3 is 15.2 Å². The van der Waals surface area contributed by atoms with E-state index in [4.69, 9.17) is 4.74 Å². The van der Waals surface area contributed by atoms with Crippen molar-refractivity contribution in [2.75, 3.05) is 13.2 Å². The van der Waals surface area contributed by atoms with Crippen LogP contribution in [-0.2, 0) is 9.53 Å². The van der Waals surface area contributed by atoms with Gasteiger partial charge in [-0.1, -0.05) is 0 Å². The van der Waals surface area contributed by atoms with Crippen molar-refractivity contribution in [3.8, 4) is 0 Å². The number of carbonyl (C=O) groups excluding carboxylic acids is 3. The lowest BCUT2D eigenvalue weighted by Crippen LogP contribution is -2.68. The number of aliphatic hydroxyl groups excluding tert-OH is 1. The van der Waals surface area contributed by atoms with E-state index in [1.807, 2.05) is 0 Å². The zero-order valence-corrected chi connectivity index (χ0v) is 12.4. The molecule has 0 aliphatic carbocycles. The monoisotopic (exact) mass is 299 g/mol. The zero-order chi connectivity index (χ0) is 15.8. The molecule has 2 atom stereocenters. The van der Waals surface area contributed by atoms with Crippen LogP contribution in [0.3, 0.4) is 0 Å². The van der Waals surface area contributed by atoms with E-state index in [1.165, 1.54) is 4.90 Å². The third kappa shape index (κ3) is 2.80. The fraction of sp³-hybridized carbons (Fsp3) is 0.769. The van der Waals surface area contributed by atoms with Gasteiger partial charge in [0.25, 0.3) is 5.91 Å². The molecule has 8 heteroatoms. The fourth-order valence-electron chi connectivity index (χ4n) is 2.83. The highest BCUT2D eigenvalue weighted by atomic mass is 16.6. The molecule has 2 fully saturated rings. The summed E-state index contributed by atoms with van der Waals surface area (Å²) in [5.41, 5.74) is -1.95. The van der Waals surface area contributed by atoms with Gasteiger partial charge >= 0.3 is 12.1 Å². The molecule has 2 aliphatic rings. The maximum absolute atomic E-state index is 12.3. The van der Waals surface area contributed by atoms with Gasteiger partial charge in [-0.05, 0) is 33.6 Å². The minimum absolute atomic E-state index is 0.366. The van der Waals surface area contributed by atoms with Crippen LogP contribution in [0, 0.1) is 0 Å². The lowest BCUT2D eigenvalue weighted by atomic mass is 9.81. The number of carbonyl (C=O) groups is 3. The number of hydrogen-bond acceptors (Lipinski definition) is 5. The number of amides is 4. The molecule has 0 radical (unpaired) electrons. The lowest BCUT2D eigenvalue weighted by Gasteiger charge is -2.45. The highest BCUT2D eigenvalue weighted by Gasteiger charge is 2.56. The molecule has 2 aliphatic heterocycles. The second-order valence-corrected chi connectivity index (χ2v) is 6.36. The van der Waals surface area contributed by atoms with Gasteiger partial charge in [-0.2, -0.15) is 0 Å². The zero-order valence-electron chi connectivity index (χ0n) is 12.4. The molecule has 0 aromatic rings. The number of urea groups is 1. The average Bonchev–Trinajstić information content (AvgIpc) is 2.62. The first-order chi connectivity index (χ1) is 9.69. The van der Waals surface area contributed by atoms with E-state index in [1.54, 1.807) is 20.8 Å². The quantitative estimate of drug-likeness (QED) is 0.589. The Morgan fingerprint density at radius 1 is 1.48 bits per heavy atom. The van der Waals surface area contributed by atoms with Crippen LogP contribution in [0.2, 0.25) is 0 Å². The molecule has 21 heavy (non-hydrogen) atoms. The molecule has 2 saturated heterocycles. The Morgan fingerprint density at radius 3 is 2.62 bits per heavy atom. The summed E-state index contributed by atoms with van der Waals surface area (Å²) < 4.78 is 5.31. The van der Waals surface area contributed by atoms with Crippen LogP contribution in [0.1, 0.15) is 33.6 Å². The Kier molecular flexibility index (Phi) is 3.83. The average molecular weight is 299 g/mol. The first kappa shape index (κ1) is 15.6. The predicted octanol–water partition coefficient (Wildman–Crippen LogP) is -0.0436. The largest absolute Gasteiger partial charge is 0.444 e. The normalized spacial score (nSPS) is 29.3. The highest BCUT2D eigenvalue weighted by molar-refractivity contribution is 6.07. The van der Waals surface area contributed by atoms with E-state index < -0.39 is 41.8 Å². The summed E-state index contributed by atoms with van der Waals surface area (Å²) in [4.78, 5) is 37.1. The number of ether oxygens (including phenoxy) is 1. The van der Waals surface area contributed by atoms with E-state index >= 15 is 0 Å². The molecule has 0 aromatic heterocycles. The molecule has 1 spiro atoms. The topological polar surface area (TPSA) is 108 Å². The number of rotatable bonds is 1. The molecular weight excluding hydrogens is 278 g/mol. The predicted molar refractivity (Wildman–Crippen MR) is 72.5 cm³/mol. The number of aliphatic hydroxyl groups is 1. The third-order valence-electron chi connectivity index (χ3n) is 3.68. The van der Waals surface area contributed by atoms with Crippen molar-refractivity contribution in [3.63, 3.8) is 0 Å². The molecule has 0 bridgehead atoms. The molecule has 2 heterocycles. The Bertz CT molecular complexity index is 473. The summed E-state index contributed by atoms with van der Waals surface area (Å²) in [6, 6.07) is -1.45. The summed E-state index contributed by atoms with van der Waals surface area (Å²) in [5, 5.41) is 14.4. The molecule has 8 nitrogen and oxygen atoms in total. The first-order valence-electron chi connectivity index (χ1n) is 6.94. The number of likely N-dealkylation sites (tertiary alicyclic amines) is 1. The highest BCUT2D eigenvalue weighted by Crippen LogP contribution is 2.31. The van der Waals surface area contributed by atoms with E-state index in [0.29, 0.717) is 19.4 Å². The number of piperidine rings is 1. The standard InChI is InChI=1S/C13H21N3O5/c1-12(2,3)21-11(20)16-6-4-5-13(8(16)7-17)9(18)14-10(19)15-13/h8,17H,4-7H2,1-3H3,(H2,14,15,18,19)/t8-,13?/m1/s1. The van der Waals surface area contributed by atoms with Crippen LogP contribution in [0.15, 0.2) is 0 Å². The van der Waals surface area contributed by atoms with Crippen LogP contribution in [0.4, 0.5) is 9.59 Å². The Labute approximate surface area is 122 Å². The SMILES string of the molecule is CC(C)(C)OC(=O)N1CCCC2(NC(=O)NC2=O)[C@H]1CO. The van der Waals surface area contributed by atoms with E-state index in [0.717, 1.165) is 0 Å². The van der Waals surface area contributed by atoms with Gasteiger partial charge in [-0.25, -0.2) is 9.59 Å². The second-order valence-electron chi connectivity index (χ2n) is 6.36. The molecular formula is C13H21N3O5. The summed E-state index contributed by atoms with van der Waals surface area (Å²) in [5.74, 6) is -0.514. The molecule has 4 amide bonds. The number of hydrogen-bond donors (Lipinski definition) is 3. The molecule has 0 aromatic carbocycles. The molecule has 1 unspecified atom stereocenters. The Balaban J connectivity index is 2.26. The van der Waals surface area contributed by atoms with Crippen LogP contribution in [0.5, 0.6) is 0 Å². The van der Waals surface area contributed by atoms with Crippen molar-refractivity contribution >= 4 is 18.0 Å². The summed E-state index contributed by atoms with van der Waals surface area (Å²) in [7, 11) is 0. The molecule has 0 saturated carbocycles. The van der Waals surface area contributed by atoms with Crippen molar-refractivity contribution in [3.05, 3.63) is 0 Å². The number of nitrogens with zero attached hydrogens (tertiary/aromatic N) is 1. The minimum atomic E-state index is -1.28. The Morgan fingerprint density at radius 2 is 2.14 bits per heavy atom. The third-order valence-corrected chi connectivity index (χ3v) is 3.68. The Hall–Kier alpha value is -1.83. The molecule has 3 N–H and O–H groups in total. The van der Waals surface area contributed by atoms with Gasteiger partial charge in [0.2, 0.25) is 0 Å². The molecule has 2 rings (SSSR count). The van der Waals surface area contributed by atoms with Gasteiger partial charge in [0.15, 0.2) is 0 Å². The van der Waals surface area contributed by atoms with Crippen molar-refractivity contribution in [1.29, 1.82) is 0 Å². The van der Waals surface area contributed by atoms with Crippen LogP contribution < -0.4 is 10.6 Å². The van der Waals surface area contributed by atoms with Gasteiger partial charge in [0.1, 0.15) is 11.1 Å². The maximum atomic E-state index is 12.3. The second kappa shape index (κ2) is 5.18. The van der Waals surface area contributed by atoms with Crippen molar-refractivity contribution in [1.82, 2.24) is 15.5 Å². The maximum Gasteiger partial charge on any atom is 0.410 e. The van der Waals surface area contributed by atoms with Crippen molar-refractivity contribution in [2.24, 2.45) is 0 Å². The lowest BCUT2D eigenvalue weighted by molar-refractivity contribution is -0.129. The smallest absolute Gasteiger partial charge is 0.410 e. The van der Waals surface area contributed by atoms with Gasteiger partial charge in [-0.15, -0.1) is 0 Å². The van der Waals surface area contributed by atoms with Gasteiger partial charge in [0.05, 0.1) is 12.6 Å². The van der Waals surface area contributed by atoms with Gasteiger partial charge in [0, 0.05) is 6.54 Å². The van der Waals surface area contributed by atoms with E-state index in [9.17, 15) is 19.5 Å². The summed E-state index contributed by atoms with van der Waals surface area (Å²) in [6.45, 7) is 5.14. The van der Waals surface area contributed by atoms with Crippen LogP contribution in [-0.4, -0.2) is 58.4 Å². The summed E-state index contributed by atoms with van der Waals surface area (Å²) >= 11 is 0. The molecule has 118 valence electrons. The summed E-state index contributed by atoms with van der Waals surface area (Å²) in [6.07, 6.45) is 0.299.